The number of hydrogen-bond acceptors (Lipinski definition) is 8. The Morgan fingerprint density at radius 2 is 2.14 bits per heavy atom. The first-order chi connectivity index (χ1) is 16.8. The SMILES string of the molecule is N#CN1C[C@H](NC(=O)c2nnc(-c3cc(OC(F)(F)F)ccc3C3CC3)o2)C[C@H]1Cn1cccn1. The van der Waals surface area contributed by atoms with Crippen LogP contribution in [0.1, 0.15) is 41.4 Å². The average molecular weight is 487 g/mol. The van der Waals surface area contributed by atoms with Gasteiger partial charge in [0.1, 0.15) is 5.75 Å². The van der Waals surface area contributed by atoms with Gasteiger partial charge in [0.2, 0.25) is 5.89 Å². The van der Waals surface area contributed by atoms with Crippen LogP contribution in [0.15, 0.2) is 41.1 Å². The second-order valence-electron chi connectivity index (χ2n) is 8.52. The third-order valence-electron chi connectivity index (χ3n) is 5.96. The summed E-state index contributed by atoms with van der Waals surface area (Å²) in [4.78, 5) is 14.3. The number of halogens is 3. The Hall–Kier alpha value is -4.08. The Bertz CT molecular complexity index is 1250. The third kappa shape index (κ3) is 5.21. The molecule has 2 aromatic heterocycles. The number of aromatic nitrogens is 4. The van der Waals surface area contributed by atoms with Crippen molar-refractivity contribution in [1.82, 2.24) is 30.2 Å². The van der Waals surface area contributed by atoms with E-state index in [2.05, 4.69) is 31.5 Å². The van der Waals surface area contributed by atoms with Gasteiger partial charge >= 0.3 is 18.2 Å². The zero-order valence-corrected chi connectivity index (χ0v) is 18.3. The Kier molecular flexibility index (Phi) is 5.80. The second kappa shape index (κ2) is 8.94. The molecule has 1 saturated heterocycles. The maximum Gasteiger partial charge on any atom is 0.573 e. The molecule has 182 valence electrons. The third-order valence-corrected chi connectivity index (χ3v) is 5.96. The molecule has 0 radical (unpaired) electrons. The van der Waals surface area contributed by atoms with E-state index in [-0.39, 0.29) is 29.8 Å². The van der Waals surface area contributed by atoms with E-state index in [4.69, 9.17) is 4.42 Å². The first-order valence-electron chi connectivity index (χ1n) is 11.0. The van der Waals surface area contributed by atoms with E-state index >= 15 is 0 Å². The van der Waals surface area contributed by atoms with E-state index < -0.39 is 18.0 Å². The standard InChI is InChI=1S/C22H20F3N7O3/c23-22(24,25)35-16-4-5-17(13-2-3-13)18(9-16)20-29-30-21(34-20)19(33)28-14-8-15(31(10-14)12-26)11-32-7-1-6-27-32/h1,4-7,9,13-15H,2-3,8,10-11H2,(H,28,33)/t14-,15+/m1/s1. The largest absolute Gasteiger partial charge is 0.573 e. The fraction of sp³-hybridized carbons (Fsp3) is 0.409. The lowest BCUT2D eigenvalue weighted by Crippen LogP contribution is -2.36. The molecular weight excluding hydrogens is 467 g/mol. The van der Waals surface area contributed by atoms with Crippen molar-refractivity contribution in [1.29, 1.82) is 5.26 Å². The molecule has 35 heavy (non-hydrogen) atoms. The molecule has 3 aromatic rings. The molecule has 3 heterocycles. The summed E-state index contributed by atoms with van der Waals surface area (Å²) in [5.41, 5.74) is 1.06. The van der Waals surface area contributed by atoms with Gasteiger partial charge in [-0.05, 0) is 48.9 Å². The van der Waals surface area contributed by atoms with Crippen molar-refractivity contribution in [3.63, 3.8) is 0 Å². The van der Waals surface area contributed by atoms with Gasteiger partial charge in [0, 0.05) is 30.5 Å². The number of amides is 1. The number of carbonyl (C=O) groups is 1. The predicted molar refractivity (Wildman–Crippen MR) is 113 cm³/mol. The highest BCUT2D eigenvalue weighted by Gasteiger charge is 2.35. The van der Waals surface area contributed by atoms with Gasteiger partial charge in [-0.25, -0.2) is 0 Å². The maximum absolute atomic E-state index is 12.7. The summed E-state index contributed by atoms with van der Waals surface area (Å²) < 4.78 is 49.3. The molecule has 1 aliphatic heterocycles. The Labute approximate surface area is 197 Å². The van der Waals surface area contributed by atoms with Crippen LogP contribution in [0, 0.1) is 11.5 Å². The normalized spacial score (nSPS) is 20.0. The lowest BCUT2D eigenvalue weighted by Gasteiger charge is -2.17. The van der Waals surface area contributed by atoms with Crippen LogP contribution in [-0.2, 0) is 6.54 Å². The zero-order chi connectivity index (χ0) is 24.6. The number of ether oxygens (including phenoxy) is 1. The first kappa shape index (κ1) is 22.7. The lowest BCUT2D eigenvalue weighted by atomic mass is 10.0. The van der Waals surface area contributed by atoms with Gasteiger partial charge in [-0.1, -0.05) is 6.07 Å². The van der Waals surface area contributed by atoms with Gasteiger partial charge < -0.3 is 19.4 Å². The molecule has 5 rings (SSSR count). The molecule has 10 nitrogen and oxygen atoms in total. The zero-order valence-electron chi connectivity index (χ0n) is 18.3. The molecule has 0 spiro atoms. The smallest absolute Gasteiger partial charge is 0.412 e. The molecule has 2 atom stereocenters. The average Bonchev–Trinajstić information content (AvgIpc) is 3.18. The van der Waals surface area contributed by atoms with E-state index in [1.165, 1.54) is 12.1 Å². The molecule has 2 fully saturated rings. The number of benzene rings is 1. The number of nitrogens with one attached hydrogen (secondary N) is 1. The number of carbonyl (C=O) groups excluding carboxylic acids is 1. The molecule has 2 aliphatic rings. The second-order valence-corrected chi connectivity index (χ2v) is 8.52. The van der Waals surface area contributed by atoms with Crippen molar-refractivity contribution in [3.8, 4) is 23.4 Å². The minimum atomic E-state index is -4.84. The number of rotatable bonds is 7. The molecule has 0 bridgehead atoms. The van der Waals surface area contributed by atoms with E-state index in [0.29, 0.717) is 25.1 Å². The van der Waals surface area contributed by atoms with Crippen molar-refractivity contribution in [3.05, 3.63) is 48.1 Å². The molecule has 1 N–H and O–H groups in total. The Balaban J connectivity index is 1.29. The van der Waals surface area contributed by atoms with Crippen molar-refractivity contribution in [2.75, 3.05) is 6.54 Å². The minimum absolute atomic E-state index is 0.0636. The van der Waals surface area contributed by atoms with Gasteiger partial charge in [0.15, 0.2) is 6.19 Å². The molecule has 1 aliphatic carbocycles. The quantitative estimate of drug-likeness (QED) is 0.505. The van der Waals surface area contributed by atoms with Crippen LogP contribution in [0.2, 0.25) is 0 Å². The van der Waals surface area contributed by atoms with Crippen LogP contribution in [0.3, 0.4) is 0 Å². The predicted octanol–water partition coefficient (Wildman–Crippen LogP) is 3.06. The van der Waals surface area contributed by atoms with Crippen LogP contribution in [0.25, 0.3) is 11.5 Å². The van der Waals surface area contributed by atoms with Gasteiger partial charge in [-0.2, -0.15) is 10.4 Å². The van der Waals surface area contributed by atoms with Crippen LogP contribution >= 0.6 is 0 Å². The molecule has 13 heteroatoms. The first-order valence-corrected chi connectivity index (χ1v) is 11.0. The van der Waals surface area contributed by atoms with E-state index in [9.17, 15) is 23.2 Å². The van der Waals surface area contributed by atoms with Gasteiger partial charge in [0.05, 0.1) is 12.6 Å². The maximum atomic E-state index is 12.7. The van der Waals surface area contributed by atoms with Crippen LogP contribution in [0.5, 0.6) is 5.75 Å². The molecule has 0 unspecified atom stereocenters. The topological polar surface area (TPSA) is 122 Å². The van der Waals surface area contributed by atoms with Gasteiger partial charge in [-0.3, -0.25) is 9.48 Å². The highest BCUT2D eigenvalue weighted by atomic mass is 19.4. The van der Waals surface area contributed by atoms with E-state index in [0.717, 1.165) is 18.4 Å². The Morgan fingerprint density at radius 3 is 2.83 bits per heavy atom. The minimum Gasteiger partial charge on any atom is -0.412 e. The Morgan fingerprint density at radius 1 is 1.31 bits per heavy atom. The summed E-state index contributed by atoms with van der Waals surface area (Å²) in [5.74, 6) is -1.24. The summed E-state index contributed by atoms with van der Waals surface area (Å²) >= 11 is 0. The van der Waals surface area contributed by atoms with Crippen molar-refractivity contribution in [2.24, 2.45) is 0 Å². The van der Waals surface area contributed by atoms with Crippen molar-refractivity contribution in [2.45, 2.75) is 50.2 Å². The molecule has 1 amide bonds. The van der Waals surface area contributed by atoms with E-state index in [1.807, 2.05) is 0 Å². The van der Waals surface area contributed by atoms with Gasteiger partial charge in [-0.15, -0.1) is 23.4 Å². The number of alkyl halides is 3. The highest BCUT2D eigenvalue weighted by Crippen LogP contribution is 2.45. The summed E-state index contributed by atoms with van der Waals surface area (Å²) in [7, 11) is 0. The van der Waals surface area contributed by atoms with Crippen molar-refractivity contribution < 1.29 is 27.1 Å². The lowest BCUT2D eigenvalue weighted by molar-refractivity contribution is -0.274. The number of nitriles is 1. The summed E-state index contributed by atoms with van der Waals surface area (Å²) in [6.45, 7) is 0.815. The number of nitrogens with zero attached hydrogens (tertiary/aromatic N) is 6. The molecule has 1 saturated carbocycles. The fourth-order valence-electron chi connectivity index (χ4n) is 4.28. The summed E-state index contributed by atoms with van der Waals surface area (Å²) in [6, 6.07) is 5.31. The summed E-state index contributed by atoms with van der Waals surface area (Å²) in [6.07, 6.45) is 3.05. The molecular formula is C22H20F3N7O3. The number of likely N-dealkylation sites (tertiary alicyclic amines) is 1. The van der Waals surface area contributed by atoms with E-state index in [1.54, 1.807) is 34.1 Å². The monoisotopic (exact) mass is 487 g/mol. The van der Waals surface area contributed by atoms with Gasteiger partial charge in [0.25, 0.3) is 0 Å². The van der Waals surface area contributed by atoms with Crippen LogP contribution < -0.4 is 10.1 Å². The van der Waals surface area contributed by atoms with Crippen LogP contribution in [0.4, 0.5) is 13.2 Å². The summed E-state index contributed by atoms with van der Waals surface area (Å²) in [5, 5.41) is 24.1. The van der Waals surface area contributed by atoms with Crippen molar-refractivity contribution >= 4 is 5.91 Å². The highest BCUT2D eigenvalue weighted by molar-refractivity contribution is 5.90. The van der Waals surface area contributed by atoms with Crippen LogP contribution in [-0.4, -0.2) is 55.8 Å². The fourth-order valence-corrected chi connectivity index (χ4v) is 4.28. The molecule has 1 aromatic carbocycles. The number of hydrogen-bond donors (Lipinski definition) is 1.